The van der Waals surface area contributed by atoms with Gasteiger partial charge in [0.15, 0.2) is 18.1 Å². The number of aliphatic carboxylic acids is 1. The Morgan fingerprint density at radius 3 is 2.74 bits per heavy atom. The van der Waals surface area contributed by atoms with Crippen molar-refractivity contribution in [2.75, 3.05) is 13.7 Å². The number of hydrogen-bond acceptors (Lipinski definition) is 7. The fourth-order valence-corrected chi connectivity index (χ4v) is 4.44. The number of nitriles is 1. The molecule has 0 spiro atoms. The summed E-state index contributed by atoms with van der Waals surface area (Å²) in [6.45, 7) is -0.511. The number of carboxylic acid groups (broad SMARTS) is 1. The molecule has 0 unspecified atom stereocenters. The van der Waals surface area contributed by atoms with E-state index in [4.69, 9.17) is 14.6 Å². The van der Waals surface area contributed by atoms with E-state index in [0.29, 0.717) is 26.0 Å². The summed E-state index contributed by atoms with van der Waals surface area (Å²) in [6.07, 6.45) is 1.56. The molecule has 0 saturated carbocycles. The monoisotopic (exact) mass is 550 g/mol. The maximum atomic E-state index is 12.8. The van der Waals surface area contributed by atoms with E-state index in [2.05, 4.69) is 6.07 Å². The van der Waals surface area contributed by atoms with Crippen molar-refractivity contribution < 1.29 is 29.0 Å². The highest BCUT2D eigenvalue weighted by Gasteiger charge is 2.35. The first kappa shape index (κ1) is 22.6. The molecule has 10 heteroatoms. The molecule has 1 N–H and O–H groups in total. The molecule has 8 nitrogen and oxygen atoms in total. The molecule has 0 aromatic heterocycles. The lowest BCUT2D eigenvalue weighted by atomic mass is 10.1. The van der Waals surface area contributed by atoms with Crippen molar-refractivity contribution in [3.63, 3.8) is 0 Å². The zero-order valence-corrected chi connectivity index (χ0v) is 19.1. The molecule has 2 aromatic rings. The standard InChI is InChI=1S/C21H15IN2O6S/c1-29-16-7-12(6-15(22)19(16)30-11-18(25)26)8-17-20(27)24(21(28)31-17)10-14-5-3-2-4-13(14)9-23/h2-8H,10-11H2,1H3,(H,25,26)/b17-8+. The van der Waals surface area contributed by atoms with Gasteiger partial charge in [0.1, 0.15) is 0 Å². The molecule has 0 radical (unpaired) electrons. The quantitative estimate of drug-likeness (QED) is 0.408. The number of nitrogens with zero attached hydrogens (tertiary/aromatic N) is 2. The lowest BCUT2D eigenvalue weighted by Crippen LogP contribution is -2.27. The summed E-state index contributed by atoms with van der Waals surface area (Å²) in [7, 11) is 1.42. The van der Waals surface area contributed by atoms with Crippen LogP contribution in [0.1, 0.15) is 16.7 Å². The number of carboxylic acids is 1. The summed E-state index contributed by atoms with van der Waals surface area (Å²) < 4.78 is 11.2. The van der Waals surface area contributed by atoms with Crippen LogP contribution in [-0.4, -0.2) is 40.8 Å². The van der Waals surface area contributed by atoms with Gasteiger partial charge in [0.2, 0.25) is 0 Å². The minimum absolute atomic E-state index is 0.00849. The third-order valence-electron chi connectivity index (χ3n) is 4.23. The maximum absolute atomic E-state index is 12.8. The smallest absolute Gasteiger partial charge is 0.341 e. The number of hydrogen-bond donors (Lipinski definition) is 1. The highest BCUT2D eigenvalue weighted by atomic mass is 127. The van der Waals surface area contributed by atoms with Gasteiger partial charge in [-0.25, -0.2) is 4.79 Å². The Balaban J connectivity index is 1.86. The van der Waals surface area contributed by atoms with Crippen molar-refractivity contribution in [3.8, 4) is 17.6 Å². The molecule has 0 bridgehead atoms. The molecule has 0 atom stereocenters. The molecular weight excluding hydrogens is 535 g/mol. The Bertz CT molecular complexity index is 1140. The van der Waals surface area contributed by atoms with E-state index in [9.17, 15) is 19.6 Å². The number of carbonyl (C=O) groups excluding carboxylic acids is 2. The molecule has 1 fully saturated rings. The van der Waals surface area contributed by atoms with Gasteiger partial charge in [0.05, 0.1) is 33.8 Å². The fourth-order valence-electron chi connectivity index (χ4n) is 2.82. The minimum atomic E-state index is -1.12. The molecule has 1 aliphatic heterocycles. The highest BCUT2D eigenvalue weighted by Crippen LogP contribution is 2.37. The second-order valence-electron chi connectivity index (χ2n) is 6.25. The number of halogens is 1. The third-order valence-corrected chi connectivity index (χ3v) is 5.94. The summed E-state index contributed by atoms with van der Waals surface area (Å²) in [5.41, 5.74) is 1.58. The van der Waals surface area contributed by atoms with Gasteiger partial charge in [0.25, 0.3) is 11.1 Å². The lowest BCUT2D eigenvalue weighted by molar-refractivity contribution is -0.139. The molecule has 31 heavy (non-hydrogen) atoms. The van der Waals surface area contributed by atoms with Crippen molar-refractivity contribution in [3.05, 3.63) is 61.6 Å². The number of benzene rings is 2. The number of rotatable bonds is 7. The van der Waals surface area contributed by atoms with Crippen LogP contribution >= 0.6 is 34.4 Å². The van der Waals surface area contributed by atoms with E-state index in [1.165, 1.54) is 7.11 Å². The molecule has 1 heterocycles. The van der Waals surface area contributed by atoms with Crippen molar-refractivity contribution >= 4 is 57.5 Å². The van der Waals surface area contributed by atoms with Crippen molar-refractivity contribution in [2.45, 2.75) is 6.54 Å². The first-order valence-corrected chi connectivity index (χ1v) is 10.7. The van der Waals surface area contributed by atoms with Crippen LogP contribution in [0.15, 0.2) is 41.3 Å². The Labute approximate surface area is 195 Å². The Morgan fingerprint density at radius 1 is 1.32 bits per heavy atom. The molecule has 3 rings (SSSR count). The second-order valence-corrected chi connectivity index (χ2v) is 8.41. The number of ether oxygens (including phenoxy) is 2. The highest BCUT2D eigenvalue weighted by molar-refractivity contribution is 14.1. The average Bonchev–Trinajstić information content (AvgIpc) is 3.00. The van der Waals surface area contributed by atoms with Crippen molar-refractivity contribution in [1.82, 2.24) is 4.90 Å². The Kier molecular flexibility index (Phi) is 7.19. The van der Waals surface area contributed by atoms with Crippen LogP contribution in [0.3, 0.4) is 0 Å². The Hall–Kier alpha value is -3.04. The largest absolute Gasteiger partial charge is 0.493 e. The molecule has 2 aromatic carbocycles. The fraction of sp³-hybridized carbons (Fsp3) is 0.143. The number of methoxy groups -OCH3 is 1. The maximum Gasteiger partial charge on any atom is 0.341 e. The number of thioether (sulfide) groups is 1. The van der Waals surface area contributed by atoms with Gasteiger partial charge < -0.3 is 14.6 Å². The van der Waals surface area contributed by atoms with Crippen LogP contribution in [0.5, 0.6) is 11.5 Å². The number of imide groups is 1. The zero-order chi connectivity index (χ0) is 22.5. The number of carbonyl (C=O) groups is 3. The predicted molar refractivity (Wildman–Crippen MR) is 122 cm³/mol. The van der Waals surface area contributed by atoms with Crippen LogP contribution in [0.4, 0.5) is 4.79 Å². The van der Waals surface area contributed by atoms with E-state index in [0.717, 1.165) is 16.7 Å². The van der Waals surface area contributed by atoms with Crippen LogP contribution in [0, 0.1) is 14.9 Å². The first-order valence-electron chi connectivity index (χ1n) is 8.79. The predicted octanol–water partition coefficient (Wildman–Crippen LogP) is 3.87. The van der Waals surface area contributed by atoms with Crippen LogP contribution in [0.25, 0.3) is 6.08 Å². The van der Waals surface area contributed by atoms with Gasteiger partial charge >= 0.3 is 5.97 Å². The van der Waals surface area contributed by atoms with E-state index in [-0.39, 0.29) is 17.2 Å². The average molecular weight is 550 g/mol. The molecule has 0 aliphatic carbocycles. The summed E-state index contributed by atoms with van der Waals surface area (Å²) in [5.74, 6) is -0.984. The van der Waals surface area contributed by atoms with Gasteiger partial charge in [-0.05, 0) is 69.8 Å². The van der Waals surface area contributed by atoms with Crippen molar-refractivity contribution in [2.24, 2.45) is 0 Å². The molecule has 1 aliphatic rings. The van der Waals surface area contributed by atoms with Gasteiger partial charge in [0, 0.05) is 0 Å². The van der Waals surface area contributed by atoms with Crippen molar-refractivity contribution in [1.29, 1.82) is 5.26 Å². The summed E-state index contributed by atoms with van der Waals surface area (Å²) >= 11 is 2.79. The SMILES string of the molecule is COc1cc(/C=C2/SC(=O)N(Cc3ccccc3C#N)C2=O)cc(I)c1OCC(=O)O. The molecular formula is C21H15IN2O6S. The molecule has 2 amide bonds. The summed E-state index contributed by atoms with van der Waals surface area (Å²) in [4.78, 5) is 37.3. The summed E-state index contributed by atoms with van der Waals surface area (Å²) in [5, 5.41) is 17.6. The lowest BCUT2D eigenvalue weighted by Gasteiger charge is -2.13. The zero-order valence-electron chi connectivity index (χ0n) is 16.1. The van der Waals surface area contributed by atoms with Gasteiger partial charge in [-0.15, -0.1) is 0 Å². The normalized spacial score (nSPS) is 14.6. The van der Waals surface area contributed by atoms with Crippen LogP contribution in [-0.2, 0) is 16.1 Å². The second kappa shape index (κ2) is 9.84. The Morgan fingerprint density at radius 2 is 2.06 bits per heavy atom. The first-order chi connectivity index (χ1) is 14.8. The van der Waals surface area contributed by atoms with E-state index < -0.39 is 23.7 Å². The third kappa shape index (κ3) is 5.18. The van der Waals surface area contributed by atoms with Gasteiger partial charge in [-0.3, -0.25) is 14.5 Å². The topological polar surface area (TPSA) is 117 Å². The number of amides is 2. The minimum Gasteiger partial charge on any atom is -0.493 e. The van der Waals surface area contributed by atoms with E-state index in [1.54, 1.807) is 42.5 Å². The van der Waals surface area contributed by atoms with E-state index in [1.807, 2.05) is 22.6 Å². The molecule has 1 saturated heterocycles. The van der Waals surface area contributed by atoms with Gasteiger partial charge in [-0.2, -0.15) is 5.26 Å². The summed E-state index contributed by atoms with van der Waals surface area (Å²) in [6, 6.07) is 12.1. The van der Waals surface area contributed by atoms with Gasteiger partial charge in [-0.1, -0.05) is 18.2 Å². The van der Waals surface area contributed by atoms with Crippen LogP contribution < -0.4 is 9.47 Å². The van der Waals surface area contributed by atoms with E-state index >= 15 is 0 Å². The van der Waals surface area contributed by atoms with Crippen LogP contribution in [0.2, 0.25) is 0 Å². The molecule has 158 valence electrons.